The lowest BCUT2D eigenvalue weighted by Gasteiger charge is -2.07. The van der Waals surface area contributed by atoms with Crippen molar-refractivity contribution in [3.63, 3.8) is 0 Å². The number of nitrogens with zero attached hydrogens (tertiary/aromatic N) is 3. The van der Waals surface area contributed by atoms with Crippen LogP contribution in [0.2, 0.25) is 0 Å². The third-order valence-corrected chi connectivity index (χ3v) is 3.24. The molecule has 0 saturated heterocycles. The van der Waals surface area contributed by atoms with Crippen LogP contribution in [0.4, 0.5) is 0 Å². The first-order valence-corrected chi connectivity index (χ1v) is 6.36. The zero-order valence-electron chi connectivity index (χ0n) is 11.3. The maximum atomic E-state index is 12.7. The number of hydrogen-bond donors (Lipinski definition) is 0. The van der Waals surface area contributed by atoms with E-state index >= 15 is 0 Å². The van der Waals surface area contributed by atoms with E-state index in [4.69, 9.17) is 0 Å². The van der Waals surface area contributed by atoms with Crippen molar-refractivity contribution in [3.05, 3.63) is 65.1 Å². The topological polar surface area (TPSA) is 55.7 Å². The summed E-state index contributed by atoms with van der Waals surface area (Å²) in [6, 6.07) is 11.1. The fourth-order valence-electron chi connectivity index (χ4n) is 2.23. The van der Waals surface area contributed by atoms with E-state index in [1.165, 1.54) is 0 Å². The Hall–Kier alpha value is -2.62. The van der Waals surface area contributed by atoms with Crippen LogP contribution < -0.4 is 0 Å². The van der Waals surface area contributed by atoms with Crippen molar-refractivity contribution in [2.45, 2.75) is 13.8 Å². The molecular formula is C16H13N3O. The van der Waals surface area contributed by atoms with Gasteiger partial charge in [0.15, 0.2) is 5.78 Å². The molecule has 0 aliphatic carbocycles. The minimum Gasteiger partial charge on any atom is -0.289 e. The van der Waals surface area contributed by atoms with E-state index < -0.39 is 0 Å². The number of hydrogen-bond acceptors (Lipinski definition) is 4. The van der Waals surface area contributed by atoms with Gasteiger partial charge in [-0.3, -0.25) is 9.78 Å². The first-order chi connectivity index (χ1) is 9.66. The summed E-state index contributed by atoms with van der Waals surface area (Å²) in [7, 11) is 0. The molecule has 4 heteroatoms. The van der Waals surface area contributed by atoms with Crippen LogP contribution in [0.25, 0.3) is 10.9 Å². The lowest BCUT2D eigenvalue weighted by Crippen LogP contribution is -2.07. The smallest absolute Gasteiger partial charge is 0.195 e. The minimum absolute atomic E-state index is 0.0425. The van der Waals surface area contributed by atoms with E-state index in [-0.39, 0.29) is 5.78 Å². The first-order valence-electron chi connectivity index (χ1n) is 6.36. The van der Waals surface area contributed by atoms with Crippen molar-refractivity contribution in [2.75, 3.05) is 0 Å². The molecule has 0 bridgehead atoms. The molecule has 0 aliphatic heterocycles. The summed E-state index contributed by atoms with van der Waals surface area (Å²) in [6.45, 7) is 3.62. The fraction of sp³-hybridized carbons (Fsp3) is 0.125. The van der Waals surface area contributed by atoms with E-state index in [0.29, 0.717) is 16.8 Å². The maximum Gasteiger partial charge on any atom is 0.195 e. The van der Waals surface area contributed by atoms with Crippen LogP contribution in [-0.4, -0.2) is 21.0 Å². The number of pyridine rings is 1. The summed E-state index contributed by atoms with van der Waals surface area (Å²) in [5.41, 5.74) is 3.42. The highest BCUT2D eigenvalue weighted by Crippen LogP contribution is 2.21. The van der Waals surface area contributed by atoms with Gasteiger partial charge in [0.25, 0.3) is 0 Å². The second-order valence-electron chi connectivity index (χ2n) is 4.69. The number of ketones is 1. The zero-order valence-corrected chi connectivity index (χ0v) is 11.3. The molecule has 0 N–H and O–H groups in total. The van der Waals surface area contributed by atoms with E-state index in [2.05, 4.69) is 15.2 Å². The van der Waals surface area contributed by atoms with Gasteiger partial charge in [-0.15, -0.1) is 0 Å². The lowest BCUT2D eigenvalue weighted by atomic mass is 9.98. The number of carbonyl (C=O) groups excluding carboxylic acids is 1. The Balaban J connectivity index is 2.20. The second-order valence-corrected chi connectivity index (χ2v) is 4.69. The van der Waals surface area contributed by atoms with Crippen LogP contribution in [0.5, 0.6) is 0 Å². The number of fused-ring (bicyclic) bond motifs is 1. The van der Waals surface area contributed by atoms with Crippen molar-refractivity contribution in [1.82, 2.24) is 15.2 Å². The third kappa shape index (κ3) is 2.05. The van der Waals surface area contributed by atoms with Gasteiger partial charge >= 0.3 is 0 Å². The van der Waals surface area contributed by atoms with E-state index in [0.717, 1.165) is 16.6 Å². The molecule has 1 aromatic carbocycles. The lowest BCUT2D eigenvalue weighted by molar-refractivity contribution is 0.103. The first kappa shape index (κ1) is 12.4. The minimum atomic E-state index is -0.0425. The number of benzene rings is 1. The average molecular weight is 263 g/mol. The molecule has 0 saturated carbocycles. The van der Waals surface area contributed by atoms with Gasteiger partial charge in [0.05, 0.1) is 16.9 Å². The van der Waals surface area contributed by atoms with Crippen LogP contribution >= 0.6 is 0 Å². The molecule has 3 rings (SSSR count). The Morgan fingerprint density at radius 1 is 1.00 bits per heavy atom. The summed E-state index contributed by atoms with van der Waals surface area (Å²) < 4.78 is 0. The molecule has 2 heterocycles. The van der Waals surface area contributed by atoms with Crippen LogP contribution in [0.3, 0.4) is 0 Å². The Labute approximate surface area is 116 Å². The van der Waals surface area contributed by atoms with Crippen LogP contribution in [0.1, 0.15) is 27.3 Å². The zero-order chi connectivity index (χ0) is 14.1. The van der Waals surface area contributed by atoms with Crippen molar-refractivity contribution in [3.8, 4) is 0 Å². The molecule has 0 aliphatic rings. The van der Waals surface area contributed by atoms with Gasteiger partial charge in [-0.2, -0.15) is 10.2 Å². The van der Waals surface area contributed by atoms with Gasteiger partial charge in [-0.05, 0) is 32.0 Å². The van der Waals surface area contributed by atoms with Gasteiger partial charge in [0.2, 0.25) is 0 Å². The predicted molar refractivity (Wildman–Crippen MR) is 76.7 cm³/mol. The highest BCUT2D eigenvalue weighted by molar-refractivity contribution is 6.16. The summed E-state index contributed by atoms with van der Waals surface area (Å²) in [5.74, 6) is -0.0425. The summed E-state index contributed by atoms with van der Waals surface area (Å²) >= 11 is 0. The number of carbonyl (C=O) groups is 1. The van der Waals surface area contributed by atoms with Gasteiger partial charge in [0, 0.05) is 22.7 Å². The van der Waals surface area contributed by atoms with Crippen LogP contribution in [0.15, 0.2) is 42.6 Å². The van der Waals surface area contributed by atoms with E-state index in [9.17, 15) is 4.79 Å². The third-order valence-electron chi connectivity index (χ3n) is 3.24. The van der Waals surface area contributed by atoms with Gasteiger partial charge in [-0.1, -0.05) is 18.2 Å². The molecule has 0 radical (unpaired) electrons. The average Bonchev–Trinajstić information content (AvgIpc) is 2.48. The molecular weight excluding hydrogens is 250 g/mol. The van der Waals surface area contributed by atoms with E-state index in [1.807, 2.05) is 37.3 Å². The SMILES string of the molecule is Cc1cc(C(=O)c2cccc3ncccc23)c(C)nn1. The van der Waals surface area contributed by atoms with Gasteiger partial charge in [0.1, 0.15) is 0 Å². The number of aryl methyl sites for hydroxylation is 2. The molecule has 0 amide bonds. The summed E-state index contributed by atoms with van der Waals surface area (Å²) in [5, 5.41) is 8.84. The fourth-order valence-corrected chi connectivity index (χ4v) is 2.23. The monoisotopic (exact) mass is 263 g/mol. The quantitative estimate of drug-likeness (QED) is 0.667. The Bertz CT molecular complexity index is 806. The van der Waals surface area contributed by atoms with Crippen molar-refractivity contribution >= 4 is 16.7 Å². The molecule has 2 aromatic heterocycles. The Morgan fingerprint density at radius 2 is 1.85 bits per heavy atom. The molecule has 3 aromatic rings. The standard InChI is InChI=1S/C16H13N3O/c1-10-9-14(11(2)19-18-10)16(20)13-5-3-7-15-12(13)6-4-8-17-15/h3-9H,1-2H3. The highest BCUT2D eigenvalue weighted by atomic mass is 16.1. The van der Waals surface area contributed by atoms with Crippen molar-refractivity contribution < 1.29 is 4.79 Å². The second kappa shape index (κ2) is 4.81. The van der Waals surface area contributed by atoms with Crippen molar-refractivity contribution in [1.29, 1.82) is 0 Å². The number of aromatic nitrogens is 3. The maximum absolute atomic E-state index is 12.7. The predicted octanol–water partition coefficient (Wildman–Crippen LogP) is 2.87. The Kier molecular flexibility index (Phi) is 2.99. The molecule has 0 unspecified atom stereocenters. The largest absolute Gasteiger partial charge is 0.289 e. The Morgan fingerprint density at radius 3 is 2.70 bits per heavy atom. The highest BCUT2D eigenvalue weighted by Gasteiger charge is 2.16. The normalized spacial score (nSPS) is 10.7. The molecule has 0 atom stereocenters. The molecule has 4 nitrogen and oxygen atoms in total. The molecule has 98 valence electrons. The van der Waals surface area contributed by atoms with Crippen LogP contribution in [0, 0.1) is 13.8 Å². The molecule has 0 fully saturated rings. The summed E-state index contributed by atoms with van der Waals surface area (Å²) in [4.78, 5) is 17.0. The van der Waals surface area contributed by atoms with E-state index in [1.54, 1.807) is 19.2 Å². The van der Waals surface area contributed by atoms with Crippen molar-refractivity contribution in [2.24, 2.45) is 0 Å². The van der Waals surface area contributed by atoms with Gasteiger partial charge in [-0.25, -0.2) is 0 Å². The molecule has 0 spiro atoms. The number of rotatable bonds is 2. The molecule has 20 heavy (non-hydrogen) atoms. The van der Waals surface area contributed by atoms with Gasteiger partial charge < -0.3 is 0 Å². The summed E-state index contributed by atoms with van der Waals surface area (Å²) in [6.07, 6.45) is 1.72. The van der Waals surface area contributed by atoms with Crippen LogP contribution in [-0.2, 0) is 0 Å².